The molecule has 0 aliphatic heterocycles. The molecular weight excluding hydrogens is 224 g/mol. The number of hydrogen-bond donors (Lipinski definition) is 1. The highest BCUT2D eigenvalue weighted by molar-refractivity contribution is 6.30. The molecule has 3 aromatic rings. The van der Waals surface area contributed by atoms with Gasteiger partial charge in [0.2, 0.25) is 0 Å². The van der Waals surface area contributed by atoms with E-state index in [4.69, 9.17) is 16.3 Å². The smallest absolute Gasteiger partial charge is 0.129 e. The lowest BCUT2D eigenvalue weighted by Crippen LogP contribution is -1.80. The summed E-state index contributed by atoms with van der Waals surface area (Å²) in [5.74, 6) is 0.835. The number of benzene rings is 1. The van der Waals surface area contributed by atoms with Crippen LogP contribution in [0.25, 0.3) is 21.8 Å². The lowest BCUT2D eigenvalue weighted by molar-refractivity contribution is 0.415. The zero-order valence-electron chi connectivity index (χ0n) is 8.62. The van der Waals surface area contributed by atoms with Crippen LogP contribution in [0.4, 0.5) is 0 Å². The van der Waals surface area contributed by atoms with E-state index in [0.29, 0.717) is 5.15 Å². The summed E-state index contributed by atoms with van der Waals surface area (Å²) in [6.45, 7) is 0. The molecule has 1 aromatic carbocycles. The molecule has 3 rings (SSSR count). The second kappa shape index (κ2) is 3.39. The molecule has 0 atom stereocenters. The van der Waals surface area contributed by atoms with Crippen molar-refractivity contribution in [1.29, 1.82) is 0 Å². The van der Waals surface area contributed by atoms with E-state index in [2.05, 4.69) is 9.97 Å². The lowest BCUT2D eigenvalue weighted by atomic mass is 10.2. The van der Waals surface area contributed by atoms with E-state index in [1.807, 2.05) is 24.3 Å². The van der Waals surface area contributed by atoms with E-state index in [-0.39, 0.29) is 0 Å². The van der Waals surface area contributed by atoms with Crippen molar-refractivity contribution in [2.45, 2.75) is 0 Å². The van der Waals surface area contributed by atoms with Gasteiger partial charge in [0.05, 0.1) is 18.8 Å². The molecule has 0 aliphatic carbocycles. The molecule has 0 aliphatic rings. The molecule has 80 valence electrons. The molecule has 0 saturated carbocycles. The fourth-order valence-corrected chi connectivity index (χ4v) is 2.04. The molecule has 0 spiro atoms. The van der Waals surface area contributed by atoms with Gasteiger partial charge in [-0.3, -0.25) is 0 Å². The summed E-state index contributed by atoms with van der Waals surface area (Å²) in [5.41, 5.74) is 2.03. The summed E-state index contributed by atoms with van der Waals surface area (Å²) >= 11 is 5.89. The Bertz CT molecular complexity index is 675. The summed E-state index contributed by atoms with van der Waals surface area (Å²) in [7, 11) is 1.66. The van der Waals surface area contributed by atoms with Crippen LogP contribution in [0.5, 0.6) is 5.75 Å². The molecule has 0 amide bonds. The number of nitrogens with zero attached hydrogens (tertiary/aromatic N) is 1. The van der Waals surface area contributed by atoms with Crippen molar-refractivity contribution in [2.24, 2.45) is 0 Å². The number of fused-ring (bicyclic) bond motifs is 3. The molecule has 2 heterocycles. The summed E-state index contributed by atoms with van der Waals surface area (Å²) in [6, 6.07) is 7.76. The van der Waals surface area contributed by atoms with Gasteiger partial charge in [0.15, 0.2) is 0 Å². The Morgan fingerprint density at radius 1 is 1.19 bits per heavy atom. The lowest BCUT2D eigenvalue weighted by Gasteiger charge is -1.98. The van der Waals surface area contributed by atoms with Crippen molar-refractivity contribution in [3.05, 3.63) is 35.6 Å². The van der Waals surface area contributed by atoms with E-state index in [1.165, 1.54) is 0 Å². The topological polar surface area (TPSA) is 37.9 Å². The number of hydrogen-bond acceptors (Lipinski definition) is 2. The van der Waals surface area contributed by atoms with E-state index in [0.717, 1.165) is 27.6 Å². The van der Waals surface area contributed by atoms with Gasteiger partial charge in [0.1, 0.15) is 10.9 Å². The minimum absolute atomic E-state index is 0.496. The van der Waals surface area contributed by atoms with Crippen molar-refractivity contribution in [3.8, 4) is 5.75 Å². The van der Waals surface area contributed by atoms with E-state index in [9.17, 15) is 0 Å². The Morgan fingerprint density at radius 3 is 2.81 bits per heavy atom. The number of pyridine rings is 1. The van der Waals surface area contributed by atoms with E-state index in [1.54, 1.807) is 13.3 Å². The van der Waals surface area contributed by atoms with Gasteiger partial charge in [0, 0.05) is 16.3 Å². The number of H-pyrrole nitrogens is 1. The average molecular weight is 233 g/mol. The zero-order valence-corrected chi connectivity index (χ0v) is 9.38. The minimum Gasteiger partial charge on any atom is -0.497 e. The molecule has 16 heavy (non-hydrogen) atoms. The first-order valence-corrected chi connectivity index (χ1v) is 5.27. The molecule has 0 fully saturated rings. The first kappa shape index (κ1) is 9.48. The number of rotatable bonds is 1. The highest BCUT2D eigenvalue weighted by Gasteiger charge is 2.06. The molecular formula is C12H9ClN2O. The zero-order chi connectivity index (χ0) is 11.1. The van der Waals surface area contributed by atoms with Crippen LogP contribution in [-0.2, 0) is 0 Å². The van der Waals surface area contributed by atoms with Gasteiger partial charge in [-0.2, -0.15) is 0 Å². The Morgan fingerprint density at radius 2 is 2.00 bits per heavy atom. The fourth-order valence-electron chi connectivity index (χ4n) is 1.88. The van der Waals surface area contributed by atoms with Crippen molar-refractivity contribution in [1.82, 2.24) is 9.97 Å². The quantitative estimate of drug-likeness (QED) is 0.653. The molecule has 0 unspecified atom stereocenters. The third-order valence-corrected chi connectivity index (χ3v) is 2.86. The Labute approximate surface area is 97.0 Å². The van der Waals surface area contributed by atoms with Crippen LogP contribution in [0.3, 0.4) is 0 Å². The van der Waals surface area contributed by atoms with Crippen LogP contribution in [0.15, 0.2) is 30.5 Å². The van der Waals surface area contributed by atoms with Gasteiger partial charge in [-0.25, -0.2) is 4.98 Å². The molecule has 0 saturated heterocycles. The van der Waals surface area contributed by atoms with Gasteiger partial charge < -0.3 is 9.72 Å². The third kappa shape index (κ3) is 1.32. The summed E-state index contributed by atoms with van der Waals surface area (Å²) in [4.78, 5) is 7.33. The predicted octanol–water partition coefficient (Wildman–Crippen LogP) is 3.38. The van der Waals surface area contributed by atoms with E-state index >= 15 is 0 Å². The number of aromatic nitrogens is 2. The number of nitrogens with one attached hydrogen (secondary N) is 1. The molecule has 0 bridgehead atoms. The largest absolute Gasteiger partial charge is 0.497 e. The average Bonchev–Trinajstić information content (AvgIpc) is 2.66. The normalized spacial score (nSPS) is 11.1. The van der Waals surface area contributed by atoms with Crippen molar-refractivity contribution in [2.75, 3.05) is 7.11 Å². The third-order valence-electron chi connectivity index (χ3n) is 2.66. The van der Waals surface area contributed by atoms with Gasteiger partial charge in [-0.15, -0.1) is 0 Å². The van der Waals surface area contributed by atoms with Crippen molar-refractivity contribution in [3.63, 3.8) is 0 Å². The SMILES string of the molecule is COc1ccc2[nH]c3cnc(Cl)cc3c2c1. The maximum Gasteiger partial charge on any atom is 0.129 e. The number of halogens is 1. The van der Waals surface area contributed by atoms with Crippen LogP contribution >= 0.6 is 11.6 Å². The first-order chi connectivity index (χ1) is 7.78. The van der Waals surface area contributed by atoms with Gasteiger partial charge >= 0.3 is 0 Å². The molecule has 2 aromatic heterocycles. The van der Waals surface area contributed by atoms with Crippen LogP contribution in [-0.4, -0.2) is 17.1 Å². The van der Waals surface area contributed by atoms with E-state index < -0.39 is 0 Å². The maximum atomic E-state index is 5.89. The second-order valence-electron chi connectivity index (χ2n) is 3.59. The number of aromatic amines is 1. The predicted molar refractivity (Wildman–Crippen MR) is 65.2 cm³/mol. The van der Waals surface area contributed by atoms with Crippen LogP contribution in [0, 0.1) is 0 Å². The Kier molecular flexibility index (Phi) is 2.01. The van der Waals surface area contributed by atoms with Gasteiger partial charge in [0.25, 0.3) is 0 Å². The first-order valence-electron chi connectivity index (χ1n) is 4.89. The second-order valence-corrected chi connectivity index (χ2v) is 3.98. The molecule has 4 heteroatoms. The van der Waals surface area contributed by atoms with Crippen LogP contribution in [0.1, 0.15) is 0 Å². The summed E-state index contributed by atoms with van der Waals surface area (Å²) < 4.78 is 5.21. The van der Waals surface area contributed by atoms with Crippen molar-refractivity contribution >= 4 is 33.4 Å². The van der Waals surface area contributed by atoms with Gasteiger partial charge in [-0.1, -0.05) is 11.6 Å². The number of ether oxygens (including phenoxy) is 1. The monoisotopic (exact) mass is 232 g/mol. The Hall–Kier alpha value is -1.74. The van der Waals surface area contributed by atoms with Crippen LogP contribution < -0.4 is 4.74 Å². The van der Waals surface area contributed by atoms with Gasteiger partial charge in [-0.05, 0) is 24.3 Å². The highest BCUT2D eigenvalue weighted by Crippen LogP contribution is 2.29. The minimum atomic E-state index is 0.496. The van der Waals surface area contributed by atoms with Crippen molar-refractivity contribution < 1.29 is 4.74 Å². The standard InChI is InChI=1S/C12H9ClN2O/c1-16-7-2-3-10-8(4-7)9-5-12(13)14-6-11(9)15-10/h2-6,15H,1H3. The molecule has 3 nitrogen and oxygen atoms in total. The Balaban J connectivity index is 2.44. The molecule has 0 radical (unpaired) electrons. The summed E-state index contributed by atoms with van der Waals surface area (Å²) in [6.07, 6.45) is 1.74. The van der Waals surface area contributed by atoms with Crippen LogP contribution in [0.2, 0.25) is 5.15 Å². The fraction of sp³-hybridized carbons (Fsp3) is 0.0833. The maximum absolute atomic E-state index is 5.89. The summed E-state index contributed by atoms with van der Waals surface area (Å²) in [5, 5.41) is 2.66. The highest BCUT2D eigenvalue weighted by atomic mass is 35.5. The number of methoxy groups -OCH3 is 1. The molecule has 1 N–H and O–H groups in total.